The fourth-order valence-electron chi connectivity index (χ4n) is 3.75. The van der Waals surface area contributed by atoms with Gasteiger partial charge in [0.05, 0.1) is 20.2 Å². The van der Waals surface area contributed by atoms with E-state index in [0.29, 0.717) is 22.6 Å². The molecule has 1 atom stereocenters. The number of benzene rings is 2. The lowest BCUT2D eigenvalue weighted by molar-refractivity contribution is -0.129. The summed E-state index contributed by atoms with van der Waals surface area (Å²) >= 11 is 0. The number of hydrogen-bond donors (Lipinski definition) is 2. The molecule has 0 bridgehead atoms. The first-order valence-electron chi connectivity index (χ1n) is 10.3. The van der Waals surface area contributed by atoms with Crippen molar-refractivity contribution in [1.29, 1.82) is 0 Å². The van der Waals surface area contributed by atoms with Crippen LogP contribution >= 0.6 is 0 Å². The van der Waals surface area contributed by atoms with Crippen molar-refractivity contribution in [2.45, 2.75) is 24.9 Å². The molecule has 1 aliphatic carbocycles. The predicted octanol–water partition coefficient (Wildman–Crippen LogP) is 1.67. The zero-order chi connectivity index (χ0) is 21.8. The molecule has 2 aromatic carbocycles. The molecular formula is C23H25N3O5. The zero-order valence-electron chi connectivity index (χ0n) is 17.3. The van der Waals surface area contributed by atoms with E-state index in [1.54, 1.807) is 42.3 Å². The average Bonchev–Trinajstić information content (AvgIpc) is 3.59. The van der Waals surface area contributed by atoms with Crippen LogP contribution in [0.4, 0.5) is 0 Å². The van der Waals surface area contributed by atoms with Crippen LogP contribution in [0.2, 0.25) is 0 Å². The van der Waals surface area contributed by atoms with Gasteiger partial charge in [0.2, 0.25) is 11.8 Å². The Bertz CT molecular complexity index is 989. The molecule has 8 nitrogen and oxygen atoms in total. The maximum Gasteiger partial charge on any atom is 0.255 e. The first-order valence-corrected chi connectivity index (χ1v) is 10.3. The summed E-state index contributed by atoms with van der Waals surface area (Å²) in [5, 5.41) is 5.38. The van der Waals surface area contributed by atoms with E-state index >= 15 is 0 Å². The first kappa shape index (κ1) is 20.7. The Kier molecular flexibility index (Phi) is 6.06. The molecule has 1 unspecified atom stereocenters. The quantitative estimate of drug-likeness (QED) is 0.598. The molecule has 0 radical (unpaired) electrons. The van der Waals surface area contributed by atoms with E-state index < -0.39 is 6.04 Å². The Morgan fingerprint density at radius 3 is 2.48 bits per heavy atom. The number of nitrogens with one attached hydrogen (secondary N) is 2. The second kappa shape index (κ2) is 9.07. The van der Waals surface area contributed by atoms with Crippen molar-refractivity contribution < 1.29 is 23.9 Å². The number of ether oxygens (including phenoxy) is 2. The maximum absolute atomic E-state index is 12.9. The highest BCUT2D eigenvalue weighted by Crippen LogP contribution is 2.41. The van der Waals surface area contributed by atoms with Crippen LogP contribution in [0.5, 0.6) is 11.5 Å². The standard InChI is InChI=1S/C23H25N3O5/c1-30-18-8-4-5-9-19(18)31-13-12-24-20(27)14-25-22(28)21-16-6-2-3-7-17(16)23(29)26(21)15-10-11-15/h2-9,15,21H,10-14H2,1H3,(H,24,27)(H,25,28). The number of carbonyl (C=O) groups excluding carboxylic acids is 3. The third-order valence-electron chi connectivity index (χ3n) is 5.36. The van der Waals surface area contributed by atoms with Crippen molar-refractivity contribution in [2.24, 2.45) is 0 Å². The first-order chi connectivity index (χ1) is 15.1. The number of fused-ring (bicyclic) bond motifs is 1. The van der Waals surface area contributed by atoms with Crippen LogP contribution in [0.3, 0.4) is 0 Å². The van der Waals surface area contributed by atoms with Crippen LogP contribution in [0.25, 0.3) is 0 Å². The number of carbonyl (C=O) groups is 3. The molecule has 162 valence electrons. The van der Waals surface area contributed by atoms with Crippen LogP contribution < -0.4 is 20.1 Å². The number of amides is 3. The number of hydrogen-bond acceptors (Lipinski definition) is 5. The van der Waals surface area contributed by atoms with Gasteiger partial charge in [-0.05, 0) is 36.6 Å². The zero-order valence-corrected chi connectivity index (χ0v) is 17.3. The second-order valence-corrected chi connectivity index (χ2v) is 7.50. The Morgan fingerprint density at radius 1 is 1.03 bits per heavy atom. The van der Waals surface area contributed by atoms with Gasteiger partial charge in [-0.15, -0.1) is 0 Å². The highest BCUT2D eigenvalue weighted by molar-refractivity contribution is 6.05. The molecule has 1 fully saturated rings. The molecule has 1 heterocycles. The van der Waals surface area contributed by atoms with E-state index in [-0.39, 0.29) is 43.5 Å². The third-order valence-corrected chi connectivity index (χ3v) is 5.36. The molecule has 2 N–H and O–H groups in total. The summed E-state index contributed by atoms with van der Waals surface area (Å²) in [6, 6.07) is 13.8. The SMILES string of the molecule is COc1ccccc1OCCNC(=O)CNC(=O)C1c2ccccc2C(=O)N1C1CC1. The van der Waals surface area contributed by atoms with E-state index in [4.69, 9.17) is 9.47 Å². The smallest absolute Gasteiger partial charge is 0.255 e. The van der Waals surface area contributed by atoms with Gasteiger partial charge in [-0.2, -0.15) is 0 Å². The van der Waals surface area contributed by atoms with Crippen LogP contribution in [0, 0.1) is 0 Å². The van der Waals surface area contributed by atoms with Gasteiger partial charge in [0, 0.05) is 11.6 Å². The van der Waals surface area contributed by atoms with Gasteiger partial charge in [-0.3, -0.25) is 14.4 Å². The summed E-state index contributed by atoms with van der Waals surface area (Å²) in [7, 11) is 1.56. The van der Waals surface area contributed by atoms with Gasteiger partial charge in [-0.1, -0.05) is 30.3 Å². The summed E-state index contributed by atoms with van der Waals surface area (Å²) in [6.45, 7) is 0.380. The van der Waals surface area contributed by atoms with Gasteiger partial charge in [0.25, 0.3) is 5.91 Å². The van der Waals surface area contributed by atoms with Gasteiger partial charge in [0.1, 0.15) is 12.6 Å². The number of para-hydroxylation sites is 2. The molecule has 0 aromatic heterocycles. The third kappa shape index (κ3) is 4.47. The number of methoxy groups -OCH3 is 1. The lowest BCUT2D eigenvalue weighted by Crippen LogP contribution is -2.44. The Hall–Kier alpha value is -3.55. The lowest BCUT2D eigenvalue weighted by atomic mass is 10.0. The second-order valence-electron chi connectivity index (χ2n) is 7.50. The molecule has 1 saturated carbocycles. The van der Waals surface area contributed by atoms with Gasteiger partial charge < -0.3 is 25.0 Å². The van der Waals surface area contributed by atoms with E-state index in [1.807, 2.05) is 18.2 Å². The molecule has 3 amide bonds. The minimum Gasteiger partial charge on any atom is -0.493 e. The van der Waals surface area contributed by atoms with Crippen molar-refractivity contribution in [3.8, 4) is 11.5 Å². The fraction of sp³-hybridized carbons (Fsp3) is 0.348. The van der Waals surface area contributed by atoms with Crippen molar-refractivity contribution >= 4 is 17.7 Å². The van der Waals surface area contributed by atoms with Crippen LogP contribution in [0.1, 0.15) is 34.8 Å². The largest absolute Gasteiger partial charge is 0.493 e. The number of nitrogens with zero attached hydrogens (tertiary/aromatic N) is 1. The van der Waals surface area contributed by atoms with E-state index in [0.717, 1.165) is 12.8 Å². The Morgan fingerprint density at radius 2 is 1.74 bits per heavy atom. The van der Waals surface area contributed by atoms with E-state index in [2.05, 4.69) is 10.6 Å². The predicted molar refractivity (Wildman–Crippen MR) is 113 cm³/mol. The van der Waals surface area contributed by atoms with Crippen LogP contribution in [-0.4, -0.2) is 55.5 Å². The monoisotopic (exact) mass is 423 g/mol. The highest BCUT2D eigenvalue weighted by atomic mass is 16.5. The molecule has 31 heavy (non-hydrogen) atoms. The average molecular weight is 423 g/mol. The summed E-state index contributed by atoms with van der Waals surface area (Å²) < 4.78 is 10.8. The summed E-state index contributed by atoms with van der Waals surface area (Å²) in [6.07, 6.45) is 1.80. The fourth-order valence-corrected chi connectivity index (χ4v) is 3.75. The normalized spacial score (nSPS) is 17.1. The van der Waals surface area contributed by atoms with E-state index in [9.17, 15) is 14.4 Å². The van der Waals surface area contributed by atoms with Crippen LogP contribution in [-0.2, 0) is 9.59 Å². The molecule has 4 rings (SSSR count). The molecule has 1 aliphatic heterocycles. The summed E-state index contributed by atoms with van der Waals surface area (Å²) in [5.74, 6) is 0.430. The van der Waals surface area contributed by atoms with Gasteiger partial charge in [-0.25, -0.2) is 0 Å². The Labute approximate surface area is 180 Å². The van der Waals surface area contributed by atoms with Gasteiger partial charge in [0.15, 0.2) is 11.5 Å². The maximum atomic E-state index is 12.9. The molecule has 8 heteroatoms. The minimum atomic E-state index is -0.683. The Balaban J connectivity index is 1.26. The van der Waals surface area contributed by atoms with Crippen molar-refractivity contribution in [3.63, 3.8) is 0 Å². The van der Waals surface area contributed by atoms with E-state index in [1.165, 1.54) is 0 Å². The number of rotatable bonds is 9. The van der Waals surface area contributed by atoms with Crippen LogP contribution in [0.15, 0.2) is 48.5 Å². The van der Waals surface area contributed by atoms with Crippen molar-refractivity contribution in [2.75, 3.05) is 26.8 Å². The summed E-state index contributed by atoms with van der Waals surface area (Å²) in [5.41, 5.74) is 1.26. The van der Waals surface area contributed by atoms with Gasteiger partial charge >= 0.3 is 0 Å². The molecular weight excluding hydrogens is 398 g/mol. The topological polar surface area (TPSA) is 97.0 Å². The molecule has 2 aliphatic rings. The minimum absolute atomic E-state index is 0.0941. The molecule has 2 aromatic rings. The molecule has 0 spiro atoms. The lowest BCUT2D eigenvalue weighted by Gasteiger charge is -2.24. The molecule has 0 saturated heterocycles. The van der Waals surface area contributed by atoms with Crippen molar-refractivity contribution in [1.82, 2.24) is 15.5 Å². The summed E-state index contributed by atoms with van der Waals surface area (Å²) in [4.78, 5) is 39.4. The highest BCUT2D eigenvalue weighted by Gasteiger charge is 2.47. The van der Waals surface area contributed by atoms with Crippen molar-refractivity contribution in [3.05, 3.63) is 59.7 Å².